The van der Waals surface area contributed by atoms with Gasteiger partial charge in [0.25, 0.3) is 0 Å². The van der Waals surface area contributed by atoms with Crippen LogP contribution in [-0.4, -0.2) is 30.9 Å². The van der Waals surface area contributed by atoms with Crippen molar-refractivity contribution in [2.24, 2.45) is 0 Å². The molecule has 0 saturated carbocycles. The maximum atomic E-state index is 12.4. The van der Waals surface area contributed by atoms with Crippen LogP contribution >= 0.6 is 11.6 Å². The number of likely N-dealkylation sites (N-methyl/N-ethyl adjacent to an activating group) is 1. The number of carbonyl (C=O) groups is 1. The average Bonchev–Trinajstić information content (AvgIpc) is 2.44. The first-order valence-corrected chi connectivity index (χ1v) is 6.18. The van der Waals surface area contributed by atoms with Gasteiger partial charge in [-0.2, -0.15) is 0 Å². The number of hydrogen-bond acceptors (Lipinski definition) is 2. The van der Waals surface area contributed by atoms with Gasteiger partial charge in [0, 0.05) is 18.6 Å². The standard InChI is InChI=1S/C13H17ClN2O/c1-13(10-5-3-6-11(14)9-10)12(17)16(2)8-4-7-15-13/h3,5-6,9,15H,4,7-8H2,1-2H3. The third-order valence-corrected chi connectivity index (χ3v) is 3.56. The summed E-state index contributed by atoms with van der Waals surface area (Å²) in [6.45, 7) is 3.55. The summed E-state index contributed by atoms with van der Waals surface area (Å²) >= 11 is 6.00. The molecule has 1 atom stereocenters. The van der Waals surface area contributed by atoms with Crippen LogP contribution in [0.15, 0.2) is 24.3 Å². The van der Waals surface area contributed by atoms with Crippen LogP contribution in [0.5, 0.6) is 0 Å². The van der Waals surface area contributed by atoms with Crippen molar-refractivity contribution in [2.75, 3.05) is 20.1 Å². The second-order valence-corrected chi connectivity index (χ2v) is 5.08. The van der Waals surface area contributed by atoms with Gasteiger partial charge in [0.2, 0.25) is 5.91 Å². The molecule has 0 radical (unpaired) electrons. The van der Waals surface area contributed by atoms with E-state index in [9.17, 15) is 4.79 Å². The second-order valence-electron chi connectivity index (χ2n) is 4.64. The van der Waals surface area contributed by atoms with Gasteiger partial charge in [-0.1, -0.05) is 23.7 Å². The number of nitrogens with one attached hydrogen (secondary N) is 1. The van der Waals surface area contributed by atoms with E-state index in [0.717, 1.165) is 25.1 Å². The lowest BCUT2D eigenvalue weighted by molar-refractivity contribution is -0.135. The van der Waals surface area contributed by atoms with E-state index >= 15 is 0 Å². The summed E-state index contributed by atoms with van der Waals surface area (Å²) in [5.41, 5.74) is 0.250. The Bertz CT molecular complexity index is 435. The molecule has 4 heteroatoms. The van der Waals surface area contributed by atoms with Crippen LogP contribution in [0, 0.1) is 0 Å². The van der Waals surface area contributed by atoms with E-state index in [1.165, 1.54) is 0 Å². The lowest BCUT2D eigenvalue weighted by atomic mass is 9.91. The Morgan fingerprint density at radius 2 is 2.24 bits per heavy atom. The summed E-state index contributed by atoms with van der Waals surface area (Å²) < 4.78 is 0. The maximum Gasteiger partial charge on any atom is 0.246 e. The zero-order chi connectivity index (χ0) is 12.5. The zero-order valence-electron chi connectivity index (χ0n) is 10.2. The van der Waals surface area contributed by atoms with Gasteiger partial charge >= 0.3 is 0 Å². The number of hydrogen-bond donors (Lipinski definition) is 1. The molecule has 0 spiro atoms. The highest BCUT2D eigenvalue weighted by atomic mass is 35.5. The van der Waals surface area contributed by atoms with Crippen molar-refractivity contribution < 1.29 is 4.79 Å². The van der Waals surface area contributed by atoms with Gasteiger partial charge in [-0.15, -0.1) is 0 Å². The fraction of sp³-hybridized carbons (Fsp3) is 0.462. The smallest absolute Gasteiger partial charge is 0.246 e. The summed E-state index contributed by atoms with van der Waals surface area (Å²) in [7, 11) is 1.85. The molecule has 1 N–H and O–H groups in total. The Labute approximate surface area is 107 Å². The molecular weight excluding hydrogens is 236 g/mol. The first-order chi connectivity index (χ1) is 8.04. The third-order valence-electron chi connectivity index (χ3n) is 3.33. The van der Waals surface area contributed by atoms with Crippen molar-refractivity contribution in [3.05, 3.63) is 34.9 Å². The Kier molecular flexibility index (Phi) is 3.40. The van der Waals surface area contributed by atoms with Gasteiger partial charge in [0.05, 0.1) is 0 Å². The summed E-state index contributed by atoms with van der Waals surface area (Å²) in [6, 6.07) is 7.49. The van der Waals surface area contributed by atoms with E-state index in [0.29, 0.717) is 5.02 Å². The van der Waals surface area contributed by atoms with E-state index in [2.05, 4.69) is 5.32 Å². The molecule has 1 aromatic rings. The Morgan fingerprint density at radius 3 is 2.94 bits per heavy atom. The van der Waals surface area contributed by atoms with Gasteiger partial charge in [0.15, 0.2) is 0 Å². The van der Waals surface area contributed by atoms with Gasteiger partial charge in [-0.3, -0.25) is 10.1 Å². The monoisotopic (exact) mass is 252 g/mol. The van der Waals surface area contributed by atoms with Crippen LogP contribution in [0.4, 0.5) is 0 Å². The Balaban J connectivity index is 2.42. The molecular formula is C13H17ClN2O. The quantitative estimate of drug-likeness (QED) is 0.829. The highest BCUT2D eigenvalue weighted by Crippen LogP contribution is 2.26. The van der Waals surface area contributed by atoms with E-state index in [1.54, 1.807) is 4.90 Å². The summed E-state index contributed by atoms with van der Waals surface area (Å²) in [5.74, 6) is 0.0947. The van der Waals surface area contributed by atoms with E-state index in [4.69, 9.17) is 11.6 Å². The predicted octanol–water partition coefficient (Wildman–Crippen LogP) is 2.01. The highest BCUT2D eigenvalue weighted by molar-refractivity contribution is 6.30. The average molecular weight is 253 g/mol. The molecule has 1 unspecified atom stereocenters. The van der Waals surface area contributed by atoms with Crippen molar-refractivity contribution in [3.8, 4) is 0 Å². The minimum absolute atomic E-state index is 0.0947. The normalized spacial score (nSPS) is 25.8. The molecule has 0 aromatic heterocycles. The molecule has 0 bridgehead atoms. The first-order valence-electron chi connectivity index (χ1n) is 5.81. The summed E-state index contributed by atoms with van der Waals surface area (Å²) in [5, 5.41) is 3.99. The number of halogens is 1. The maximum absolute atomic E-state index is 12.4. The number of carbonyl (C=O) groups excluding carboxylic acids is 1. The van der Waals surface area contributed by atoms with Crippen LogP contribution in [0.1, 0.15) is 18.9 Å². The molecule has 1 aromatic carbocycles. The first kappa shape index (κ1) is 12.4. The molecule has 2 rings (SSSR count). The highest BCUT2D eigenvalue weighted by Gasteiger charge is 2.38. The fourth-order valence-corrected chi connectivity index (χ4v) is 2.43. The van der Waals surface area contributed by atoms with Crippen molar-refractivity contribution in [1.29, 1.82) is 0 Å². The molecule has 1 saturated heterocycles. The van der Waals surface area contributed by atoms with Crippen LogP contribution in [-0.2, 0) is 10.3 Å². The molecule has 1 fully saturated rings. The predicted molar refractivity (Wildman–Crippen MR) is 69.1 cm³/mol. The molecule has 1 heterocycles. The SMILES string of the molecule is CN1CCCNC(C)(c2cccc(Cl)c2)C1=O. The van der Waals surface area contributed by atoms with Crippen LogP contribution in [0.3, 0.4) is 0 Å². The van der Waals surface area contributed by atoms with Crippen LogP contribution in [0.2, 0.25) is 5.02 Å². The van der Waals surface area contributed by atoms with Crippen molar-refractivity contribution in [2.45, 2.75) is 18.9 Å². The fourth-order valence-electron chi connectivity index (χ4n) is 2.24. The van der Waals surface area contributed by atoms with E-state index < -0.39 is 5.54 Å². The molecule has 1 aliphatic heterocycles. The van der Waals surface area contributed by atoms with Crippen molar-refractivity contribution >= 4 is 17.5 Å². The lowest BCUT2D eigenvalue weighted by Gasteiger charge is -2.31. The zero-order valence-corrected chi connectivity index (χ0v) is 10.9. The molecule has 92 valence electrons. The van der Waals surface area contributed by atoms with Crippen LogP contribution in [0.25, 0.3) is 0 Å². The minimum atomic E-state index is -0.670. The molecule has 0 aliphatic carbocycles. The molecule has 1 amide bonds. The van der Waals surface area contributed by atoms with Gasteiger partial charge in [-0.25, -0.2) is 0 Å². The minimum Gasteiger partial charge on any atom is -0.344 e. The van der Waals surface area contributed by atoms with Gasteiger partial charge in [-0.05, 0) is 37.6 Å². The number of nitrogens with zero attached hydrogens (tertiary/aromatic N) is 1. The van der Waals surface area contributed by atoms with Crippen molar-refractivity contribution in [1.82, 2.24) is 10.2 Å². The largest absolute Gasteiger partial charge is 0.344 e. The number of rotatable bonds is 1. The number of amides is 1. The Morgan fingerprint density at radius 1 is 1.47 bits per heavy atom. The lowest BCUT2D eigenvalue weighted by Crippen LogP contribution is -2.50. The third kappa shape index (κ3) is 2.31. The summed E-state index contributed by atoms with van der Waals surface area (Å²) in [6.07, 6.45) is 0.971. The number of benzene rings is 1. The van der Waals surface area contributed by atoms with E-state index in [1.807, 2.05) is 38.2 Å². The van der Waals surface area contributed by atoms with Crippen molar-refractivity contribution in [3.63, 3.8) is 0 Å². The molecule has 1 aliphatic rings. The van der Waals surface area contributed by atoms with Gasteiger partial charge < -0.3 is 4.90 Å². The molecule has 17 heavy (non-hydrogen) atoms. The summed E-state index contributed by atoms with van der Waals surface area (Å²) in [4.78, 5) is 14.2. The Hall–Kier alpha value is -1.06. The van der Waals surface area contributed by atoms with Gasteiger partial charge in [0.1, 0.15) is 5.54 Å². The second kappa shape index (κ2) is 4.67. The van der Waals surface area contributed by atoms with E-state index in [-0.39, 0.29) is 5.91 Å². The van der Waals surface area contributed by atoms with Crippen LogP contribution < -0.4 is 5.32 Å². The molecule has 3 nitrogen and oxygen atoms in total. The topological polar surface area (TPSA) is 32.3 Å².